The first-order valence-corrected chi connectivity index (χ1v) is 8.71. The number of hydrogen-bond donors (Lipinski definition) is 1. The Balaban J connectivity index is 1.54. The smallest absolute Gasteiger partial charge is 0.278 e. The lowest BCUT2D eigenvalue weighted by atomic mass is 10.2. The molecule has 0 aliphatic heterocycles. The highest BCUT2D eigenvalue weighted by Gasteiger charge is 2.15. The van der Waals surface area contributed by atoms with E-state index in [4.69, 9.17) is 4.52 Å². The minimum atomic E-state index is -0.528. The highest BCUT2D eigenvalue weighted by atomic mass is 19.1. The van der Waals surface area contributed by atoms with E-state index in [0.717, 1.165) is 4.68 Å². The fourth-order valence-electron chi connectivity index (χ4n) is 2.62. The first-order chi connectivity index (χ1) is 14.5. The van der Waals surface area contributed by atoms with Crippen LogP contribution in [-0.2, 0) is 11.3 Å². The van der Waals surface area contributed by atoms with Gasteiger partial charge in [-0.15, -0.1) is 0 Å². The van der Waals surface area contributed by atoms with Crippen LogP contribution in [0.2, 0.25) is 0 Å². The number of aromatic nitrogens is 4. The predicted octanol–water partition coefficient (Wildman–Crippen LogP) is 2.88. The molecule has 0 aliphatic carbocycles. The van der Waals surface area contributed by atoms with E-state index in [9.17, 15) is 18.4 Å². The first-order valence-electron chi connectivity index (χ1n) is 8.71. The van der Waals surface area contributed by atoms with E-state index in [1.165, 1.54) is 54.6 Å². The standard InChI is InChI=1S/C20H13F2N5O3/c21-13-4-6-15(7-5-13)23-17(28)11-27-18(29)9-8-16(25-27)20-24-19(26-30-20)12-2-1-3-14(22)10-12/h1-10H,11H2,(H,23,28). The van der Waals surface area contributed by atoms with Gasteiger partial charge in [-0.3, -0.25) is 9.59 Å². The summed E-state index contributed by atoms with van der Waals surface area (Å²) in [6.07, 6.45) is 0. The normalized spacial score (nSPS) is 10.7. The lowest BCUT2D eigenvalue weighted by Crippen LogP contribution is -2.29. The molecule has 0 unspecified atom stereocenters. The number of hydrogen-bond acceptors (Lipinski definition) is 6. The van der Waals surface area contributed by atoms with Crippen molar-refractivity contribution in [2.45, 2.75) is 6.54 Å². The van der Waals surface area contributed by atoms with Gasteiger partial charge in [-0.05, 0) is 42.5 Å². The van der Waals surface area contributed by atoms with E-state index < -0.39 is 23.1 Å². The van der Waals surface area contributed by atoms with E-state index >= 15 is 0 Å². The fourth-order valence-corrected chi connectivity index (χ4v) is 2.62. The maximum Gasteiger partial charge on any atom is 0.278 e. The van der Waals surface area contributed by atoms with Crippen LogP contribution in [-0.4, -0.2) is 25.8 Å². The molecule has 0 fully saturated rings. The van der Waals surface area contributed by atoms with Crippen LogP contribution in [0.4, 0.5) is 14.5 Å². The van der Waals surface area contributed by atoms with Crippen molar-refractivity contribution in [2.75, 3.05) is 5.32 Å². The lowest BCUT2D eigenvalue weighted by molar-refractivity contribution is -0.117. The molecule has 2 aromatic heterocycles. The second-order valence-corrected chi connectivity index (χ2v) is 6.20. The number of benzene rings is 2. The molecule has 0 saturated heterocycles. The van der Waals surface area contributed by atoms with Gasteiger partial charge in [-0.2, -0.15) is 10.1 Å². The summed E-state index contributed by atoms with van der Waals surface area (Å²) in [5.41, 5.74) is 0.441. The van der Waals surface area contributed by atoms with Crippen molar-refractivity contribution >= 4 is 11.6 Å². The van der Waals surface area contributed by atoms with Crippen molar-refractivity contribution < 1.29 is 18.1 Å². The monoisotopic (exact) mass is 409 g/mol. The molecule has 0 bridgehead atoms. The third-order valence-electron chi connectivity index (χ3n) is 4.02. The quantitative estimate of drug-likeness (QED) is 0.544. The minimum absolute atomic E-state index is 0.00181. The topological polar surface area (TPSA) is 103 Å². The second-order valence-electron chi connectivity index (χ2n) is 6.20. The number of carbonyl (C=O) groups excluding carboxylic acids is 1. The SMILES string of the molecule is O=C(Cn1nc(-c2nc(-c3cccc(F)c3)no2)ccc1=O)Nc1ccc(F)cc1. The summed E-state index contributed by atoms with van der Waals surface area (Å²) in [7, 11) is 0. The van der Waals surface area contributed by atoms with Gasteiger partial charge in [0.2, 0.25) is 11.7 Å². The molecule has 0 aliphatic rings. The molecule has 150 valence electrons. The summed E-state index contributed by atoms with van der Waals surface area (Å²) in [5.74, 6) is -1.26. The first kappa shape index (κ1) is 19.1. The van der Waals surface area contributed by atoms with Gasteiger partial charge < -0.3 is 9.84 Å². The molecular formula is C20H13F2N5O3. The molecule has 2 heterocycles. The molecule has 30 heavy (non-hydrogen) atoms. The maximum absolute atomic E-state index is 13.4. The average Bonchev–Trinajstić information content (AvgIpc) is 3.22. The second kappa shape index (κ2) is 8.03. The number of halogens is 2. The third-order valence-corrected chi connectivity index (χ3v) is 4.02. The molecule has 4 rings (SSSR count). The highest BCUT2D eigenvalue weighted by Crippen LogP contribution is 2.20. The van der Waals surface area contributed by atoms with Gasteiger partial charge in [0.25, 0.3) is 11.4 Å². The van der Waals surface area contributed by atoms with Crippen LogP contribution in [0, 0.1) is 11.6 Å². The van der Waals surface area contributed by atoms with E-state index in [1.807, 2.05) is 0 Å². The van der Waals surface area contributed by atoms with E-state index in [0.29, 0.717) is 11.3 Å². The molecule has 8 nitrogen and oxygen atoms in total. The molecule has 0 atom stereocenters. The van der Waals surface area contributed by atoms with Gasteiger partial charge in [0.1, 0.15) is 23.9 Å². The molecule has 10 heteroatoms. The van der Waals surface area contributed by atoms with Crippen molar-refractivity contribution in [3.8, 4) is 23.0 Å². The Kier molecular flexibility index (Phi) is 5.12. The van der Waals surface area contributed by atoms with E-state index in [2.05, 4.69) is 20.6 Å². The highest BCUT2D eigenvalue weighted by molar-refractivity contribution is 5.90. The van der Waals surface area contributed by atoms with Gasteiger partial charge in [0, 0.05) is 17.3 Å². The van der Waals surface area contributed by atoms with Gasteiger partial charge in [0.15, 0.2) is 0 Å². The summed E-state index contributed by atoms with van der Waals surface area (Å²) in [4.78, 5) is 28.4. The van der Waals surface area contributed by atoms with Crippen molar-refractivity contribution in [3.05, 3.63) is 82.7 Å². The molecule has 1 N–H and O–H groups in total. The largest absolute Gasteiger partial charge is 0.332 e. The number of carbonyl (C=O) groups is 1. The molecule has 0 saturated carbocycles. The number of nitrogens with one attached hydrogen (secondary N) is 1. The Labute approximate surface area is 167 Å². The van der Waals surface area contributed by atoms with Crippen LogP contribution < -0.4 is 10.9 Å². The number of rotatable bonds is 5. The summed E-state index contributed by atoms with van der Waals surface area (Å²) in [5, 5.41) is 10.4. The zero-order valence-electron chi connectivity index (χ0n) is 15.3. The van der Waals surface area contributed by atoms with E-state index in [1.54, 1.807) is 6.07 Å². The van der Waals surface area contributed by atoms with Crippen LogP contribution in [0.3, 0.4) is 0 Å². The number of anilines is 1. The molecule has 4 aromatic rings. The van der Waals surface area contributed by atoms with Crippen molar-refractivity contribution in [3.63, 3.8) is 0 Å². The summed E-state index contributed by atoms with van der Waals surface area (Å²) in [6, 6.07) is 13.4. The van der Waals surface area contributed by atoms with Crippen LogP contribution in [0.15, 0.2) is 70.0 Å². The maximum atomic E-state index is 13.4. The zero-order chi connectivity index (χ0) is 21.1. The Hall–Kier alpha value is -4.21. The third kappa shape index (κ3) is 4.27. The van der Waals surface area contributed by atoms with Crippen LogP contribution in [0.5, 0.6) is 0 Å². The minimum Gasteiger partial charge on any atom is -0.332 e. The molecule has 0 spiro atoms. The summed E-state index contributed by atoms with van der Waals surface area (Å²) < 4.78 is 32.4. The Morgan fingerprint density at radius 2 is 1.83 bits per heavy atom. The Morgan fingerprint density at radius 1 is 1.03 bits per heavy atom. The van der Waals surface area contributed by atoms with Gasteiger partial charge >= 0.3 is 0 Å². The Bertz CT molecular complexity index is 1270. The van der Waals surface area contributed by atoms with Gasteiger partial charge in [-0.25, -0.2) is 13.5 Å². The lowest BCUT2D eigenvalue weighted by Gasteiger charge is -2.07. The molecule has 1 amide bonds. The van der Waals surface area contributed by atoms with Gasteiger partial charge in [-0.1, -0.05) is 17.3 Å². The summed E-state index contributed by atoms with van der Waals surface area (Å²) in [6.45, 7) is -0.380. The predicted molar refractivity (Wildman–Crippen MR) is 102 cm³/mol. The van der Waals surface area contributed by atoms with Gasteiger partial charge in [0.05, 0.1) is 0 Å². The molecule has 2 aromatic carbocycles. The van der Waals surface area contributed by atoms with Crippen molar-refractivity contribution in [1.82, 2.24) is 19.9 Å². The number of amides is 1. The van der Waals surface area contributed by atoms with Crippen molar-refractivity contribution in [1.29, 1.82) is 0 Å². The Morgan fingerprint density at radius 3 is 2.60 bits per heavy atom. The van der Waals surface area contributed by atoms with Crippen LogP contribution in [0.1, 0.15) is 0 Å². The molecular weight excluding hydrogens is 396 g/mol. The number of nitrogens with zero attached hydrogens (tertiary/aromatic N) is 4. The van der Waals surface area contributed by atoms with Crippen molar-refractivity contribution in [2.24, 2.45) is 0 Å². The average molecular weight is 409 g/mol. The zero-order valence-corrected chi connectivity index (χ0v) is 15.3. The summed E-state index contributed by atoms with van der Waals surface area (Å²) >= 11 is 0. The fraction of sp³-hybridized carbons (Fsp3) is 0.0500. The van der Waals surface area contributed by atoms with E-state index in [-0.39, 0.29) is 24.0 Å². The van der Waals surface area contributed by atoms with Crippen LogP contribution in [0.25, 0.3) is 23.0 Å². The molecule has 0 radical (unpaired) electrons. The van der Waals surface area contributed by atoms with Crippen LogP contribution >= 0.6 is 0 Å².